The summed E-state index contributed by atoms with van der Waals surface area (Å²) in [5, 5.41) is 0. The molecule has 0 saturated carbocycles. The van der Waals surface area contributed by atoms with Crippen molar-refractivity contribution in [2.24, 2.45) is 4.99 Å². The first kappa shape index (κ1) is 9.96. The third kappa shape index (κ3) is 2.09. The lowest BCUT2D eigenvalue weighted by molar-refractivity contribution is -0.144. The monoisotopic (exact) mass is 206 g/mol. The van der Waals surface area contributed by atoms with Crippen molar-refractivity contribution in [3.63, 3.8) is 0 Å². The largest absolute Gasteiger partial charge is 0.464 e. The van der Waals surface area contributed by atoms with Crippen molar-refractivity contribution in [1.82, 2.24) is 4.98 Å². The van der Waals surface area contributed by atoms with Gasteiger partial charge in [-0.3, -0.25) is 4.99 Å². The lowest BCUT2D eigenvalue weighted by Gasteiger charge is -2.04. The number of hydrogen-bond donors (Lipinski definition) is 1. The molecule has 1 N–H and O–H groups in total. The van der Waals surface area contributed by atoms with Crippen molar-refractivity contribution in [3.05, 3.63) is 24.0 Å². The quantitative estimate of drug-likeness (QED) is 0.762. The summed E-state index contributed by atoms with van der Waals surface area (Å²) < 4.78 is 4.94. The molecular formula is C11H14N2O2. The summed E-state index contributed by atoms with van der Waals surface area (Å²) in [6.45, 7) is 2.23. The summed E-state index contributed by atoms with van der Waals surface area (Å²) in [6, 6.07) is 3.59. The van der Waals surface area contributed by atoms with E-state index in [1.54, 1.807) is 0 Å². The standard InChI is InChI=1S/C11H14N2O2/c1-2-15-11(14)10-6-5-9(13-10)8-4-3-7-12-8/h3-4,7,10,12H,2,5-6H2,1H3/t10-/m0/s1. The van der Waals surface area contributed by atoms with Gasteiger partial charge in [-0.25, -0.2) is 4.79 Å². The number of ether oxygens (including phenoxy) is 1. The fourth-order valence-electron chi connectivity index (χ4n) is 1.71. The van der Waals surface area contributed by atoms with Crippen LogP contribution in [0.5, 0.6) is 0 Å². The van der Waals surface area contributed by atoms with E-state index in [0.717, 1.165) is 24.2 Å². The van der Waals surface area contributed by atoms with E-state index in [2.05, 4.69) is 9.98 Å². The molecule has 1 aromatic rings. The molecule has 0 aromatic carbocycles. The van der Waals surface area contributed by atoms with Gasteiger partial charge in [0.1, 0.15) is 6.04 Å². The molecular weight excluding hydrogens is 192 g/mol. The van der Waals surface area contributed by atoms with Gasteiger partial charge in [-0.15, -0.1) is 0 Å². The number of carbonyl (C=O) groups is 1. The van der Waals surface area contributed by atoms with Crippen LogP contribution in [0.15, 0.2) is 23.3 Å². The molecule has 0 radical (unpaired) electrons. The Balaban J connectivity index is 2.06. The average Bonchev–Trinajstić information content (AvgIpc) is 2.89. The predicted molar refractivity (Wildman–Crippen MR) is 57.0 cm³/mol. The second-order valence-electron chi connectivity index (χ2n) is 3.47. The highest BCUT2D eigenvalue weighted by Crippen LogP contribution is 2.18. The number of hydrogen-bond acceptors (Lipinski definition) is 3. The van der Waals surface area contributed by atoms with Gasteiger partial charge in [0.05, 0.1) is 18.0 Å². The fraction of sp³-hybridized carbons (Fsp3) is 0.455. The van der Waals surface area contributed by atoms with Crippen LogP contribution in [0.1, 0.15) is 25.5 Å². The Morgan fingerprint density at radius 1 is 1.73 bits per heavy atom. The van der Waals surface area contributed by atoms with Crippen molar-refractivity contribution in [3.8, 4) is 0 Å². The molecule has 4 nitrogen and oxygen atoms in total. The highest BCUT2D eigenvalue weighted by molar-refractivity contribution is 6.02. The Bertz CT molecular complexity index is 368. The van der Waals surface area contributed by atoms with Crippen LogP contribution in [0, 0.1) is 0 Å². The van der Waals surface area contributed by atoms with Crippen molar-refractivity contribution in [2.75, 3.05) is 6.61 Å². The number of esters is 1. The molecule has 0 saturated heterocycles. The van der Waals surface area contributed by atoms with E-state index < -0.39 is 0 Å². The summed E-state index contributed by atoms with van der Waals surface area (Å²) in [4.78, 5) is 18.9. The van der Waals surface area contributed by atoms with Crippen LogP contribution >= 0.6 is 0 Å². The van der Waals surface area contributed by atoms with Crippen LogP contribution in [-0.2, 0) is 9.53 Å². The SMILES string of the molecule is CCOC(=O)[C@@H]1CCC(c2ccc[nH]2)=N1. The Morgan fingerprint density at radius 3 is 3.27 bits per heavy atom. The summed E-state index contributed by atoms with van der Waals surface area (Å²) >= 11 is 0. The number of nitrogens with one attached hydrogen (secondary N) is 1. The Labute approximate surface area is 88.4 Å². The smallest absolute Gasteiger partial charge is 0.330 e. The van der Waals surface area contributed by atoms with Gasteiger partial charge in [0, 0.05) is 6.20 Å². The number of nitrogens with zero attached hydrogens (tertiary/aromatic N) is 1. The van der Waals surface area contributed by atoms with E-state index in [0.29, 0.717) is 6.61 Å². The van der Waals surface area contributed by atoms with Crippen LogP contribution in [-0.4, -0.2) is 29.3 Å². The average molecular weight is 206 g/mol. The molecule has 80 valence electrons. The normalized spacial score (nSPS) is 20.1. The second-order valence-corrected chi connectivity index (χ2v) is 3.47. The van der Waals surface area contributed by atoms with Gasteiger partial charge in [-0.1, -0.05) is 0 Å². The lowest BCUT2D eigenvalue weighted by atomic mass is 10.1. The van der Waals surface area contributed by atoms with E-state index in [9.17, 15) is 4.79 Å². The van der Waals surface area contributed by atoms with Crippen LogP contribution < -0.4 is 0 Å². The zero-order valence-electron chi connectivity index (χ0n) is 8.69. The minimum absolute atomic E-state index is 0.209. The molecule has 1 atom stereocenters. The molecule has 0 aliphatic carbocycles. The van der Waals surface area contributed by atoms with Gasteiger partial charge in [-0.2, -0.15) is 0 Å². The third-order valence-electron chi connectivity index (χ3n) is 2.43. The van der Waals surface area contributed by atoms with Crippen LogP contribution in [0.2, 0.25) is 0 Å². The molecule has 1 aliphatic rings. The van der Waals surface area contributed by atoms with Crippen LogP contribution in [0.3, 0.4) is 0 Å². The minimum atomic E-state index is -0.303. The molecule has 0 fully saturated rings. The molecule has 1 aliphatic heterocycles. The fourth-order valence-corrected chi connectivity index (χ4v) is 1.71. The summed E-state index contributed by atoms with van der Waals surface area (Å²) in [6.07, 6.45) is 3.45. The van der Waals surface area contributed by atoms with Gasteiger partial charge in [0.15, 0.2) is 0 Å². The van der Waals surface area contributed by atoms with Crippen LogP contribution in [0.4, 0.5) is 0 Å². The van der Waals surface area contributed by atoms with E-state index in [1.807, 2.05) is 25.3 Å². The molecule has 0 unspecified atom stereocenters. The van der Waals surface area contributed by atoms with E-state index in [-0.39, 0.29) is 12.0 Å². The topological polar surface area (TPSA) is 54.5 Å². The first-order valence-corrected chi connectivity index (χ1v) is 5.18. The maximum absolute atomic E-state index is 11.4. The Kier molecular flexibility index (Phi) is 2.85. The Morgan fingerprint density at radius 2 is 2.60 bits per heavy atom. The molecule has 4 heteroatoms. The van der Waals surface area contributed by atoms with E-state index >= 15 is 0 Å². The molecule has 0 amide bonds. The summed E-state index contributed by atoms with van der Waals surface area (Å²) in [5.74, 6) is -0.209. The van der Waals surface area contributed by atoms with Crippen molar-refractivity contribution >= 4 is 11.7 Å². The summed E-state index contributed by atoms with van der Waals surface area (Å²) in [7, 11) is 0. The zero-order valence-corrected chi connectivity index (χ0v) is 8.69. The van der Waals surface area contributed by atoms with Crippen molar-refractivity contribution < 1.29 is 9.53 Å². The number of aromatic amines is 1. The predicted octanol–water partition coefficient (Wildman–Crippen LogP) is 1.53. The van der Waals surface area contributed by atoms with Crippen molar-refractivity contribution in [2.45, 2.75) is 25.8 Å². The van der Waals surface area contributed by atoms with Gasteiger partial charge >= 0.3 is 5.97 Å². The first-order valence-electron chi connectivity index (χ1n) is 5.18. The summed E-state index contributed by atoms with van der Waals surface area (Å²) in [5.41, 5.74) is 1.97. The number of aliphatic imine (C=N–C) groups is 1. The van der Waals surface area contributed by atoms with Crippen molar-refractivity contribution in [1.29, 1.82) is 0 Å². The highest BCUT2D eigenvalue weighted by atomic mass is 16.5. The third-order valence-corrected chi connectivity index (χ3v) is 2.43. The molecule has 2 heterocycles. The highest BCUT2D eigenvalue weighted by Gasteiger charge is 2.26. The Hall–Kier alpha value is -1.58. The lowest BCUT2D eigenvalue weighted by Crippen LogP contribution is -2.18. The number of aromatic nitrogens is 1. The van der Waals surface area contributed by atoms with E-state index in [1.165, 1.54) is 0 Å². The minimum Gasteiger partial charge on any atom is -0.464 e. The number of rotatable bonds is 3. The van der Waals surface area contributed by atoms with Gasteiger partial charge < -0.3 is 9.72 Å². The number of H-pyrrole nitrogens is 1. The second kappa shape index (κ2) is 4.29. The molecule has 0 bridgehead atoms. The maximum atomic E-state index is 11.4. The van der Waals surface area contributed by atoms with Gasteiger partial charge in [-0.05, 0) is 31.9 Å². The van der Waals surface area contributed by atoms with Gasteiger partial charge in [0.25, 0.3) is 0 Å². The molecule has 2 rings (SSSR count). The van der Waals surface area contributed by atoms with Gasteiger partial charge in [0.2, 0.25) is 0 Å². The molecule has 1 aromatic heterocycles. The molecule has 0 spiro atoms. The maximum Gasteiger partial charge on any atom is 0.330 e. The first-order chi connectivity index (χ1) is 7.31. The molecule has 15 heavy (non-hydrogen) atoms. The number of carbonyl (C=O) groups excluding carboxylic acids is 1. The zero-order chi connectivity index (χ0) is 10.7. The van der Waals surface area contributed by atoms with Crippen LogP contribution in [0.25, 0.3) is 0 Å². The van der Waals surface area contributed by atoms with E-state index in [4.69, 9.17) is 4.74 Å².